The zero-order valence-corrected chi connectivity index (χ0v) is 10.5. The first-order valence-corrected chi connectivity index (χ1v) is 5.85. The summed E-state index contributed by atoms with van der Waals surface area (Å²) in [7, 11) is 1.58. The molecule has 0 aliphatic heterocycles. The molecule has 2 rings (SSSR count). The lowest BCUT2D eigenvalue weighted by Crippen LogP contribution is -1.99. The van der Waals surface area contributed by atoms with Crippen LogP contribution in [0.2, 0.25) is 0 Å². The minimum absolute atomic E-state index is 0.258. The molecule has 0 saturated carbocycles. The van der Waals surface area contributed by atoms with Gasteiger partial charge in [0.25, 0.3) is 0 Å². The summed E-state index contributed by atoms with van der Waals surface area (Å²) in [4.78, 5) is 11.4. The Hall–Kier alpha value is -2.55. The Morgan fingerprint density at radius 3 is 2.21 bits per heavy atom. The molecule has 0 fully saturated rings. The van der Waals surface area contributed by atoms with Gasteiger partial charge in [-0.25, -0.2) is 4.79 Å². The highest BCUT2D eigenvalue weighted by Crippen LogP contribution is 2.21. The fourth-order valence-corrected chi connectivity index (χ4v) is 1.76. The van der Waals surface area contributed by atoms with E-state index in [1.54, 1.807) is 37.5 Å². The van der Waals surface area contributed by atoms with E-state index in [2.05, 4.69) is 0 Å². The van der Waals surface area contributed by atoms with E-state index in [1.807, 2.05) is 30.3 Å². The molecule has 3 heteroatoms. The van der Waals surface area contributed by atoms with E-state index in [0.717, 1.165) is 5.56 Å². The topological polar surface area (TPSA) is 46.5 Å². The number of carboxylic acids is 1. The molecule has 1 N–H and O–H groups in total. The van der Waals surface area contributed by atoms with Crippen LogP contribution < -0.4 is 4.74 Å². The zero-order valence-electron chi connectivity index (χ0n) is 10.5. The first-order chi connectivity index (χ1) is 9.20. The Morgan fingerprint density at radius 1 is 1.05 bits per heavy atom. The minimum Gasteiger partial charge on any atom is -0.497 e. The predicted octanol–water partition coefficient (Wildman–Crippen LogP) is 3.32. The van der Waals surface area contributed by atoms with E-state index in [0.29, 0.717) is 11.3 Å². The quantitative estimate of drug-likeness (QED) is 0.672. The Bertz CT molecular complexity index is 583. The van der Waals surface area contributed by atoms with Crippen LogP contribution in [0.1, 0.15) is 11.1 Å². The van der Waals surface area contributed by atoms with E-state index < -0.39 is 5.97 Å². The third kappa shape index (κ3) is 3.22. The highest BCUT2D eigenvalue weighted by molar-refractivity contribution is 6.20. The molecule has 0 heterocycles. The van der Waals surface area contributed by atoms with Crippen molar-refractivity contribution in [2.45, 2.75) is 0 Å². The van der Waals surface area contributed by atoms with Gasteiger partial charge in [-0.05, 0) is 29.3 Å². The van der Waals surface area contributed by atoms with E-state index in [9.17, 15) is 9.90 Å². The number of rotatable bonds is 4. The smallest absolute Gasteiger partial charge is 0.336 e. The molecule has 2 aromatic carbocycles. The predicted molar refractivity (Wildman–Crippen MR) is 74.9 cm³/mol. The molecule has 2 aromatic rings. The van der Waals surface area contributed by atoms with Crippen LogP contribution in [0.5, 0.6) is 5.75 Å². The molecular weight excluding hydrogens is 240 g/mol. The summed E-state index contributed by atoms with van der Waals surface area (Å²) in [6, 6.07) is 16.3. The van der Waals surface area contributed by atoms with E-state index >= 15 is 0 Å². The average molecular weight is 254 g/mol. The second-order valence-electron chi connectivity index (χ2n) is 4.00. The fourth-order valence-electron chi connectivity index (χ4n) is 1.76. The van der Waals surface area contributed by atoms with Gasteiger partial charge < -0.3 is 9.84 Å². The Labute approximate surface area is 111 Å². The number of benzene rings is 2. The average Bonchev–Trinajstić information content (AvgIpc) is 2.46. The van der Waals surface area contributed by atoms with Gasteiger partial charge in [0, 0.05) is 0 Å². The summed E-state index contributed by atoms with van der Waals surface area (Å²) in [5.74, 6) is -0.248. The van der Waals surface area contributed by atoms with Crippen LogP contribution in [-0.4, -0.2) is 18.2 Å². The highest BCUT2D eigenvalue weighted by atomic mass is 16.5. The van der Waals surface area contributed by atoms with Crippen LogP contribution in [0.3, 0.4) is 0 Å². The monoisotopic (exact) mass is 254 g/mol. The summed E-state index contributed by atoms with van der Waals surface area (Å²) >= 11 is 0. The third-order valence-corrected chi connectivity index (χ3v) is 2.74. The fraction of sp³-hybridized carbons (Fsp3) is 0.0625. The lowest BCUT2D eigenvalue weighted by molar-refractivity contribution is -0.130. The number of ether oxygens (including phenoxy) is 1. The van der Waals surface area contributed by atoms with Crippen molar-refractivity contribution in [3.05, 3.63) is 65.7 Å². The van der Waals surface area contributed by atoms with Crippen molar-refractivity contribution in [2.75, 3.05) is 7.11 Å². The first kappa shape index (κ1) is 12.9. The van der Waals surface area contributed by atoms with Crippen LogP contribution >= 0.6 is 0 Å². The van der Waals surface area contributed by atoms with Crippen molar-refractivity contribution < 1.29 is 14.6 Å². The van der Waals surface area contributed by atoms with E-state index in [4.69, 9.17) is 4.74 Å². The number of carboxylic acid groups (broad SMARTS) is 1. The maximum absolute atomic E-state index is 11.4. The highest BCUT2D eigenvalue weighted by Gasteiger charge is 2.10. The number of hydrogen-bond acceptors (Lipinski definition) is 2. The van der Waals surface area contributed by atoms with Crippen molar-refractivity contribution in [1.29, 1.82) is 0 Å². The second-order valence-corrected chi connectivity index (χ2v) is 4.00. The number of aliphatic carboxylic acids is 1. The summed E-state index contributed by atoms with van der Waals surface area (Å²) in [5.41, 5.74) is 1.77. The van der Waals surface area contributed by atoms with Crippen LogP contribution in [0, 0.1) is 0 Å². The molecule has 0 bridgehead atoms. The summed E-state index contributed by atoms with van der Waals surface area (Å²) in [6.07, 6.45) is 1.66. The molecule has 0 saturated heterocycles. The molecule has 3 nitrogen and oxygen atoms in total. The van der Waals surface area contributed by atoms with Crippen LogP contribution in [0.15, 0.2) is 54.6 Å². The van der Waals surface area contributed by atoms with Gasteiger partial charge in [-0.3, -0.25) is 0 Å². The molecule has 0 unspecified atom stereocenters. The van der Waals surface area contributed by atoms with Crippen LogP contribution in [-0.2, 0) is 4.79 Å². The first-order valence-electron chi connectivity index (χ1n) is 5.85. The van der Waals surface area contributed by atoms with Crippen LogP contribution in [0.4, 0.5) is 0 Å². The maximum Gasteiger partial charge on any atom is 0.336 e. The molecule has 0 amide bonds. The standard InChI is InChI=1S/C16H14O3/c1-19-14-9-7-13(8-10-14)15(16(17)18)11-12-5-3-2-4-6-12/h2-11H,1H3,(H,17,18)/b15-11+. The van der Waals surface area contributed by atoms with Gasteiger partial charge in [0.1, 0.15) is 5.75 Å². The summed E-state index contributed by atoms with van der Waals surface area (Å²) in [5, 5.41) is 9.31. The van der Waals surface area contributed by atoms with Crippen molar-refractivity contribution in [2.24, 2.45) is 0 Å². The normalized spacial score (nSPS) is 11.1. The lowest BCUT2D eigenvalue weighted by Gasteiger charge is -2.05. The maximum atomic E-state index is 11.4. The number of carbonyl (C=O) groups is 1. The number of methoxy groups -OCH3 is 1. The summed E-state index contributed by atoms with van der Waals surface area (Å²) < 4.78 is 5.06. The van der Waals surface area contributed by atoms with E-state index in [1.165, 1.54) is 0 Å². The summed E-state index contributed by atoms with van der Waals surface area (Å²) in [6.45, 7) is 0. The molecule has 19 heavy (non-hydrogen) atoms. The Balaban J connectivity index is 2.40. The van der Waals surface area contributed by atoms with Crippen molar-refractivity contribution in [3.8, 4) is 5.75 Å². The van der Waals surface area contributed by atoms with Gasteiger partial charge in [-0.1, -0.05) is 42.5 Å². The number of hydrogen-bond donors (Lipinski definition) is 1. The van der Waals surface area contributed by atoms with Gasteiger partial charge in [-0.15, -0.1) is 0 Å². The van der Waals surface area contributed by atoms with Gasteiger partial charge in [-0.2, -0.15) is 0 Å². The third-order valence-electron chi connectivity index (χ3n) is 2.74. The van der Waals surface area contributed by atoms with Gasteiger partial charge in [0.15, 0.2) is 0 Å². The lowest BCUT2D eigenvalue weighted by atomic mass is 10.0. The zero-order chi connectivity index (χ0) is 13.7. The molecular formula is C16H14O3. The largest absolute Gasteiger partial charge is 0.497 e. The van der Waals surface area contributed by atoms with Crippen molar-refractivity contribution in [3.63, 3.8) is 0 Å². The van der Waals surface area contributed by atoms with Gasteiger partial charge in [0.2, 0.25) is 0 Å². The minimum atomic E-state index is -0.950. The molecule has 96 valence electrons. The van der Waals surface area contributed by atoms with Gasteiger partial charge in [0.05, 0.1) is 12.7 Å². The molecule has 0 radical (unpaired) electrons. The van der Waals surface area contributed by atoms with E-state index in [-0.39, 0.29) is 5.57 Å². The van der Waals surface area contributed by atoms with Crippen LogP contribution in [0.25, 0.3) is 11.6 Å². The van der Waals surface area contributed by atoms with Gasteiger partial charge >= 0.3 is 5.97 Å². The molecule has 0 spiro atoms. The van der Waals surface area contributed by atoms with Crippen molar-refractivity contribution >= 4 is 17.6 Å². The Kier molecular flexibility index (Phi) is 3.98. The molecule has 0 atom stereocenters. The Morgan fingerprint density at radius 2 is 1.68 bits per heavy atom. The molecule has 0 aliphatic carbocycles. The SMILES string of the molecule is COc1ccc(/C(=C\c2ccccc2)C(=O)O)cc1. The molecule has 0 aliphatic rings. The molecule has 0 aromatic heterocycles. The second kappa shape index (κ2) is 5.87. The van der Waals surface area contributed by atoms with Crippen molar-refractivity contribution in [1.82, 2.24) is 0 Å².